The molecule has 2 saturated heterocycles. The van der Waals surface area contributed by atoms with Crippen molar-refractivity contribution in [2.45, 2.75) is 6.04 Å². The molecule has 2 aliphatic rings. The van der Waals surface area contributed by atoms with Gasteiger partial charge in [-0.1, -0.05) is 0 Å². The number of carbonyl (C=O) groups excluding carboxylic acids is 1. The molecule has 2 amide bonds. The van der Waals surface area contributed by atoms with Gasteiger partial charge in [0.15, 0.2) is 11.6 Å². The van der Waals surface area contributed by atoms with E-state index in [-0.39, 0.29) is 23.3 Å². The largest absolute Gasteiger partial charge is 0.365 e. The fourth-order valence-electron chi connectivity index (χ4n) is 2.69. The highest BCUT2D eigenvalue weighted by atomic mass is 19.2. The smallest absolute Gasteiger partial charge is 0.317 e. The summed E-state index contributed by atoms with van der Waals surface area (Å²) in [5.41, 5.74) is -0.164. The molecule has 0 saturated carbocycles. The van der Waals surface area contributed by atoms with Crippen molar-refractivity contribution in [3.8, 4) is 6.07 Å². The van der Waals surface area contributed by atoms with Crippen molar-refractivity contribution >= 4 is 11.7 Å². The molecule has 0 aromatic heterocycles. The van der Waals surface area contributed by atoms with Crippen molar-refractivity contribution in [3.05, 3.63) is 29.3 Å². The predicted molar refractivity (Wildman–Crippen MR) is 67.2 cm³/mol. The molecule has 1 N–H and O–H groups in total. The molecular weight excluding hydrogens is 266 g/mol. The minimum absolute atomic E-state index is 0.0330. The van der Waals surface area contributed by atoms with Crippen molar-refractivity contribution < 1.29 is 13.6 Å². The Bertz CT molecular complexity index is 613. The number of nitrogens with zero attached hydrogens (tertiary/aromatic N) is 3. The van der Waals surface area contributed by atoms with Crippen LogP contribution >= 0.6 is 0 Å². The number of nitriles is 1. The molecule has 104 valence electrons. The van der Waals surface area contributed by atoms with Gasteiger partial charge in [0.05, 0.1) is 17.3 Å². The minimum Gasteiger partial charge on any atom is -0.365 e. The van der Waals surface area contributed by atoms with Crippen molar-refractivity contribution in [2.75, 3.05) is 31.1 Å². The summed E-state index contributed by atoms with van der Waals surface area (Å²) in [7, 11) is 0. The summed E-state index contributed by atoms with van der Waals surface area (Å²) < 4.78 is 27.6. The lowest BCUT2D eigenvalue weighted by atomic mass is 10.1. The van der Waals surface area contributed by atoms with Gasteiger partial charge in [-0.15, -0.1) is 0 Å². The molecule has 7 heteroatoms. The molecule has 1 aromatic carbocycles. The summed E-state index contributed by atoms with van der Waals surface area (Å²) in [6.45, 7) is 1.86. The molecule has 0 radical (unpaired) electrons. The van der Waals surface area contributed by atoms with Crippen LogP contribution in [0.15, 0.2) is 12.1 Å². The van der Waals surface area contributed by atoms with Gasteiger partial charge in [-0.25, -0.2) is 13.6 Å². The number of amides is 2. The highest BCUT2D eigenvalue weighted by molar-refractivity contribution is 5.77. The van der Waals surface area contributed by atoms with E-state index in [1.807, 2.05) is 0 Å². The zero-order valence-electron chi connectivity index (χ0n) is 10.6. The van der Waals surface area contributed by atoms with Crippen LogP contribution in [0.1, 0.15) is 5.56 Å². The third-order valence-corrected chi connectivity index (χ3v) is 3.76. The van der Waals surface area contributed by atoms with E-state index in [9.17, 15) is 13.6 Å². The van der Waals surface area contributed by atoms with Crippen LogP contribution in [0.25, 0.3) is 0 Å². The van der Waals surface area contributed by atoms with Gasteiger partial charge >= 0.3 is 6.03 Å². The molecule has 2 fully saturated rings. The highest BCUT2D eigenvalue weighted by Gasteiger charge is 2.36. The zero-order valence-corrected chi connectivity index (χ0v) is 10.6. The number of hydrogen-bond donors (Lipinski definition) is 1. The fourth-order valence-corrected chi connectivity index (χ4v) is 2.69. The Morgan fingerprint density at radius 1 is 1.30 bits per heavy atom. The van der Waals surface area contributed by atoms with Crippen LogP contribution in [0.4, 0.5) is 19.3 Å². The van der Waals surface area contributed by atoms with Gasteiger partial charge in [0.2, 0.25) is 0 Å². The van der Waals surface area contributed by atoms with Gasteiger partial charge in [-0.3, -0.25) is 0 Å². The van der Waals surface area contributed by atoms with Gasteiger partial charge < -0.3 is 15.1 Å². The quantitative estimate of drug-likeness (QED) is 0.835. The maximum absolute atomic E-state index is 14.0. The average Bonchev–Trinajstić information content (AvgIpc) is 2.83. The molecular formula is C13H12F2N4O. The number of fused-ring (bicyclic) bond motifs is 1. The second kappa shape index (κ2) is 4.63. The van der Waals surface area contributed by atoms with Crippen molar-refractivity contribution in [1.82, 2.24) is 10.2 Å². The predicted octanol–water partition coefficient (Wildman–Crippen LogP) is 1.05. The third kappa shape index (κ3) is 1.84. The Kier molecular flexibility index (Phi) is 2.93. The van der Waals surface area contributed by atoms with Gasteiger partial charge in [0.1, 0.15) is 6.07 Å². The standard InChI is InChI=1S/C13H12F2N4O/c14-11-8(5-16)1-2-10(12(11)15)18-3-4-19-9(7-18)6-17-13(19)20/h1-2,9H,3-4,6-7H2,(H,17,20). The molecule has 0 bridgehead atoms. The Balaban J connectivity index is 1.86. The number of carbonyl (C=O) groups is 1. The molecule has 0 aliphatic carbocycles. The number of urea groups is 1. The first-order valence-electron chi connectivity index (χ1n) is 6.29. The first-order chi connectivity index (χ1) is 9.61. The summed E-state index contributed by atoms with van der Waals surface area (Å²) in [6.07, 6.45) is 0. The van der Waals surface area contributed by atoms with Crippen LogP contribution in [0.2, 0.25) is 0 Å². The maximum Gasteiger partial charge on any atom is 0.317 e. The van der Waals surface area contributed by atoms with E-state index in [0.717, 1.165) is 0 Å². The molecule has 1 aromatic rings. The number of rotatable bonds is 1. The zero-order chi connectivity index (χ0) is 14.3. The molecule has 2 heterocycles. The van der Waals surface area contributed by atoms with E-state index in [1.165, 1.54) is 12.1 Å². The van der Waals surface area contributed by atoms with Crippen LogP contribution in [0.5, 0.6) is 0 Å². The third-order valence-electron chi connectivity index (χ3n) is 3.76. The monoisotopic (exact) mass is 278 g/mol. The van der Waals surface area contributed by atoms with E-state index in [1.54, 1.807) is 15.9 Å². The van der Waals surface area contributed by atoms with Crippen LogP contribution in [0, 0.1) is 23.0 Å². The van der Waals surface area contributed by atoms with Gasteiger partial charge in [0, 0.05) is 26.2 Å². The van der Waals surface area contributed by atoms with Crippen LogP contribution < -0.4 is 10.2 Å². The average molecular weight is 278 g/mol. The summed E-state index contributed by atoms with van der Waals surface area (Å²) in [4.78, 5) is 14.9. The first kappa shape index (κ1) is 12.7. The summed E-state index contributed by atoms with van der Waals surface area (Å²) in [5.74, 6) is -2.12. The highest BCUT2D eigenvalue weighted by Crippen LogP contribution is 2.27. The molecule has 20 heavy (non-hydrogen) atoms. The van der Waals surface area contributed by atoms with Crippen LogP contribution in [-0.2, 0) is 0 Å². The van der Waals surface area contributed by atoms with E-state index < -0.39 is 11.6 Å². The van der Waals surface area contributed by atoms with E-state index in [2.05, 4.69) is 5.32 Å². The van der Waals surface area contributed by atoms with Gasteiger partial charge in [0.25, 0.3) is 0 Å². The Morgan fingerprint density at radius 2 is 2.10 bits per heavy atom. The number of anilines is 1. The number of nitrogens with one attached hydrogen (secondary N) is 1. The number of halogens is 2. The lowest BCUT2D eigenvalue weighted by Crippen LogP contribution is -2.52. The molecule has 5 nitrogen and oxygen atoms in total. The second-order valence-electron chi connectivity index (χ2n) is 4.85. The second-order valence-corrected chi connectivity index (χ2v) is 4.85. The summed E-state index contributed by atoms with van der Waals surface area (Å²) >= 11 is 0. The number of hydrogen-bond acceptors (Lipinski definition) is 3. The minimum atomic E-state index is -1.12. The summed E-state index contributed by atoms with van der Waals surface area (Å²) in [6, 6.07) is 4.16. The molecule has 0 spiro atoms. The number of benzene rings is 1. The maximum atomic E-state index is 14.0. The topological polar surface area (TPSA) is 59.4 Å². The molecule has 1 unspecified atom stereocenters. The molecule has 1 atom stereocenters. The normalized spacial score (nSPS) is 21.4. The van der Waals surface area contributed by atoms with Gasteiger partial charge in [-0.05, 0) is 12.1 Å². The Hall–Kier alpha value is -2.36. The van der Waals surface area contributed by atoms with E-state index in [4.69, 9.17) is 5.26 Å². The molecule has 3 rings (SSSR count). The lowest BCUT2D eigenvalue weighted by molar-refractivity contribution is 0.197. The van der Waals surface area contributed by atoms with Gasteiger partial charge in [-0.2, -0.15) is 5.26 Å². The van der Waals surface area contributed by atoms with E-state index >= 15 is 0 Å². The number of piperazine rings is 1. The Morgan fingerprint density at radius 3 is 2.85 bits per heavy atom. The molecule has 2 aliphatic heterocycles. The van der Waals surface area contributed by atoms with Crippen LogP contribution in [0.3, 0.4) is 0 Å². The Labute approximate surface area is 114 Å². The van der Waals surface area contributed by atoms with Crippen molar-refractivity contribution in [3.63, 3.8) is 0 Å². The first-order valence-corrected chi connectivity index (χ1v) is 6.29. The van der Waals surface area contributed by atoms with Crippen molar-refractivity contribution in [1.29, 1.82) is 5.26 Å². The SMILES string of the molecule is N#Cc1ccc(N2CCN3C(=O)NCC3C2)c(F)c1F. The summed E-state index contributed by atoms with van der Waals surface area (Å²) in [5, 5.41) is 11.4. The lowest BCUT2D eigenvalue weighted by Gasteiger charge is -2.37. The van der Waals surface area contributed by atoms with Crippen LogP contribution in [-0.4, -0.2) is 43.2 Å². The van der Waals surface area contributed by atoms with Crippen molar-refractivity contribution in [2.24, 2.45) is 0 Å². The van der Waals surface area contributed by atoms with E-state index in [0.29, 0.717) is 26.2 Å². The fraction of sp³-hybridized carbons (Fsp3) is 0.385.